The van der Waals surface area contributed by atoms with E-state index in [0.717, 1.165) is 21.8 Å². The third-order valence-corrected chi connectivity index (χ3v) is 5.63. The lowest BCUT2D eigenvalue weighted by Crippen LogP contribution is -2.39. The Morgan fingerprint density at radius 2 is 2.09 bits per heavy atom. The van der Waals surface area contributed by atoms with Gasteiger partial charge in [-0.1, -0.05) is 5.92 Å². The van der Waals surface area contributed by atoms with Gasteiger partial charge in [0.1, 0.15) is 17.0 Å². The van der Waals surface area contributed by atoms with Gasteiger partial charge >= 0.3 is 6.03 Å². The molecule has 0 saturated carbocycles. The van der Waals surface area contributed by atoms with Gasteiger partial charge in [0.25, 0.3) is 12.3 Å². The zero-order valence-electron chi connectivity index (χ0n) is 16.6. The third kappa shape index (κ3) is 3.77. The molecule has 4 rings (SSSR count). The maximum atomic E-state index is 14.9. The standard InChI is InChI=1S/C20H18F5N5O2/c1-2-19(32)5-6-20(24,25)16-11-9-29(8-4-12(11)28-30(16)10-19)18(31)27-13-3-7-26-15(14(13)21)17(22)23/h1,3,7,17,32H,4-6,8-10H2,(H,26,27,31)/t19-/m1/s1. The molecule has 0 radical (unpaired) electrons. The zero-order valence-corrected chi connectivity index (χ0v) is 16.6. The van der Waals surface area contributed by atoms with Crippen LogP contribution in [-0.4, -0.2) is 42.9 Å². The molecule has 2 aliphatic heterocycles. The van der Waals surface area contributed by atoms with E-state index in [1.54, 1.807) is 0 Å². The number of nitrogens with one attached hydrogen (secondary N) is 1. The number of aromatic nitrogens is 3. The summed E-state index contributed by atoms with van der Waals surface area (Å²) >= 11 is 0. The Hall–Kier alpha value is -3.20. The molecule has 12 heteroatoms. The van der Waals surface area contributed by atoms with Crippen molar-refractivity contribution in [3.05, 3.63) is 40.7 Å². The molecule has 2 N–H and O–H groups in total. The molecule has 0 unspecified atom stereocenters. The molecule has 0 bridgehead atoms. The second-order valence-electron chi connectivity index (χ2n) is 7.77. The van der Waals surface area contributed by atoms with Crippen LogP contribution in [0.4, 0.5) is 32.4 Å². The van der Waals surface area contributed by atoms with Gasteiger partial charge in [0.15, 0.2) is 5.82 Å². The summed E-state index contributed by atoms with van der Waals surface area (Å²) in [5.41, 5.74) is -3.33. The normalized spacial score (nSPS) is 22.0. The average molecular weight is 455 g/mol. The highest BCUT2D eigenvalue weighted by Gasteiger charge is 2.46. The van der Waals surface area contributed by atoms with Gasteiger partial charge in [0, 0.05) is 31.1 Å². The number of hydrogen-bond donors (Lipinski definition) is 2. The van der Waals surface area contributed by atoms with E-state index >= 15 is 0 Å². The van der Waals surface area contributed by atoms with Crippen LogP contribution in [0.3, 0.4) is 0 Å². The van der Waals surface area contributed by atoms with Crippen LogP contribution in [0, 0.1) is 18.2 Å². The zero-order chi connectivity index (χ0) is 23.3. The van der Waals surface area contributed by atoms with Crippen LogP contribution in [0.25, 0.3) is 0 Å². The maximum absolute atomic E-state index is 14.9. The highest BCUT2D eigenvalue weighted by molar-refractivity contribution is 5.89. The molecule has 0 spiro atoms. The molecule has 2 aromatic rings. The average Bonchev–Trinajstić information content (AvgIpc) is 3.06. The minimum atomic E-state index is -3.34. The molecule has 4 heterocycles. The van der Waals surface area contributed by atoms with Crippen LogP contribution in [0.5, 0.6) is 0 Å². The molecular formula is C20H18F5N5O2. The number of nitrogens with zero attached hydrogens (tertiary/aromatic N) is 4. The summed E-state index contributed by atoms with van der Waals surface area (Å²) in [5.74, 6) is -2.57. The second-order valence-corrected chi connectivity index (χ2v) is 7.77. The van der Waals surface area contributed by atoms with E-state index < -0.39 is 53.3 Å². The topological polar surface area (TPSA) is 83.3 Å². The SMILES string of the molecule is C#C[C@@]1(O)CCC(F)(F)c2c3c(nn2C1)CCN(C(=O)Nc1ccnc(C(F)F)c1F)C3. The fourth-order valence-electron chi connectivity index (χ4n) is 3.95. The van der Waals surface area contributed by atoms with Crippen LogP contribution < -0.4 is 5.32 Å². The van der Waals surface area contributed by atoms with Crippen LogP contribution >= 0.6 is 0 Å². The van der Waals surface area contributed by atoms with Crippen molar-refractivity contribution in [1.29, 1.82) is 0 Å². The largest absolute Gasteiger partial charge is 0.376 e. The van der Waals surface area contributed by atoms with E-state index in [0.29, 0.717) is 5.69 Å². The number of pyridine rings is 1. The van der Waals surface area contributed by atoms with Gasteiger partial charge in [0.2, 0.25) is 0 Å². The number of fused-ring (bicyclic) bond motifs is 3. The van der Waals surface area contributed by atoms with Crippen molar-refractivity contribution in [2.45, 2.75) is 50.3 Å². The summed E-state index contributed by atoms with van der Waals surface area (Å²) in [6.07, 6.45) is 2.19. The predicted octanol–water partition coefficient (Wildman–Crippen LogP) is 3.19. The Morgan fingerprint density at radius 1 is 1.34 bits per heavy atom. The predicted molar refractivity (Wildman–Crippen MR) is 101 cm³/mol. The number of carbonyl (C=O) groups is 1. The fourth-order valence-corrected chi connectivity index (χ4v) is 3.95. The van der Waals surface area contributed by atoms with Crippen LogP contribution in [-0.2, 0) is 25.4 Å². The highest BCUT2D eigenvalue weighted by atomic mass is 19.3. The maximum Gasteiger partial charge on any atom is 0.322 e. The molecule has 0 aromatic carbocycles. The first-order valence-electron chi connectivity index (χ1n) is 9.70. The second kappa shape index (κ2) is 7.74. The number of hydrogen-bond acceptors (Lipinski definition) is 4. The van der Waals surface area contributed by atoms with E-state index in [4.69, 9.17) is 6.42 Å². The first-order chi connectivity index (χ1) is 15.0. The summed E-state index contributed by atoms with van der Waals surface area (Å²) in [5, 5.41) is 16.8. The van der Waals surface area contributed by atoms with Crippen molar-refractivity contribution in [3.63, 3.8) is 0 Å². The van der Waals surface area contributed by atoms with Crippen molar-refractivity contribution in [2.24, 2.45) is 0 Å². The Labute approximate surface area is 179 Å². The molecule has 7 nitrogen and oxygen atoms in total. The van der Waals surface area contributed by atoms with Gasteiger partial charge in [-0.25, -0.2) is 18.0 Å². The molecule has 2 aliphatic rings. The number of urea groups is 1. The molecular weight excluding hydrogens is 437 g/mol. The first kappa shape index (κ1) is 22.0. The van der Waals surface area contributed by atoms with E-state index in [2.05, 4.69) is 21.3 Å². The summed E-state index contributed by atoms with van der Waals surface area (Å²) in [4.78, 5) is 17.0. The molecule has 2 amide bonds. The Bertz CT molecular complexity index is 1110. The van der Waals surface area contributed by atoms with Gasteiger partial charge in [0.05, 0.1) is 24.5 Å². The highest BCUT2D eigenvalue weighted by Crippen LogP contribution is 2.42. The van der Waals surface area contributed by atoms with Crippen molar-refractivity contribution in [2.75, 3.05) is 11.9 Å². The van der Waals surface area contributed by atoms with E-state index in [1.807, 2.05) is 0 Å². The number of halogens is 5. The number of amides is 2. The summed E-state index contributed by atoms with van der Waals surface area (Å²) < 4.78 is 70.7. The summed E-state index contributed by atoms with van der Waals surface area (Å²) in [6, 6.07) is 0.174. The third-order valence-electron chi connectivity index (χ3n) is 5.63. The minimum absolute atomic E-state index is 0.0780. The van der Waals surface area contributed by atoms with Gasteiger partial charge in [-0.05, 0) is 12.5 Å². The Balaban J connectivity index is 1.61. The Kier molecular flexibility index (Phi) is 5.32. The number of carbonyl (C=O) groups excluding carboxylic acids is 1. The summed E-state index contributed by atoms with van der Waals surface area (Å²) in [7, 11) is 0. The number of terminal acetylenes is 1. The lowest BCUT2D eigenvalue weighted by Gasteiger charge is -2.28. The van der Waals surface area contributed by atoms with Gasteiger partial charge in [-0.2, -0.15) is 13.9 Å². The quantitative estimate of drug-likeness (QED) is 0.538. The van der Waals surface area contributed by atoms with Crippen LogP contribution in [0.2, 0.25) is 0 Å². The van der Waals surface area contributed by atoms with Gasteiger partial charge < -0.3 is 15.3 Å². The van der Waals surface area contributed by atoms with Crippen LogP contribution in [0.15, 0.2) is 12.3 Å². The number of aliphatic hydroxyl groups is 1. The van der Waals surface area contributed by atoms with Crippen molar-refractivity contribution >= 4 is 11.7 Å². The summed E-state index contributed by atoms with van der Waals surface area (Å²) in [6.45, 7) is -0.490. The smallest absolute Gasteiger partial charge is 0.322 e. The number of rotatable bonds is 2. The molecule has 32 heavy (non-hydrogen) atoms. The monoisotopic (exact) mass is 455 g/mol. The Morgan fingerprint density at radius 3 is 2.78 bits per heavy atom. The molecule has 170 valence electrons. The lowest BCUT2D eigenvalue weighted by molar-refractivity contribution is -0.0300. The van der Waals surface area contributed by atoms with Crippen molar-refractivity contribution in [1.82, 2.24) is 19.7 Å². The first-order valence-corrected chi connectivity index (χ1v) is 9.70. The molecule has 0 fully saturated rings. The molecule has 1 atom stereocenters. The molecule has 0 aliphatic carbocycles. The molecule has 2 aromatic heterocycles. The van der Waals surface area contributed by atoms with E-state index in [-0.39, 0.29) is 38.0 Å². The molecule has 0 saturated heterocycles. The van der Waals surface area contributed by atoms with Gasteiger partial charge in [-0.3, -0.25) is 9.67 Å². The lowest BCUT2D eigenvalue weighted by atomic mass is 9.96. The fraction of sp³-hybridized carbons (Fsp3) is 0.450. The number of alkyl halides is 4. The van der Waals surface area contributed by atoms with Crippen molar-refractivity contribution < 1.29 is 31.9 Å². The number of anilines is 1. The van der Waals surface area contributed by atoms with E-state index in [9.17, 15) is 31.9 Å². The van der Waals surface area contributed by atoms with Gasteiger partial charge in [-0.15, -0.1) is 6.42 Å². The minimum Gasteiger partial charge on any atom is -0.376 e. The van der Waals surface area contributed by atoms with Crippen LogP contribution in [0.1, 0.15) is 41.9 Å². The van der Waals surface area contributed by atoms with Crippen molar-refractivity contribution in [3.8, 4) is 12.3 Å². The van der Waals surface area contributed by atoms with E-state index in [1.165, 1.54) is 0 Å².